The van der Waals surface area contributed by atoms with Crippen molar-refractivity contribution < 1.29 is 0 Å². The summed E-state index contributed by atoms with van der Waals surface area (Å²) in [6.07, 6.45) is 18.8. The van der Waals surface area contributed by atoms with Gasteiger partial charge >= 0.3 is 0 Å². The van der Waals surface area contributed by atoms with Gasteiger partial charge in [-0.25, -0.2) is 0 Å². The van der Waals surface area contributed by atoms with Gasteiger partial charge in [-0.05, 0) is 69.1 Å². The predicted molar refractivity (Wildman–Crippen MR) is 144 cm³/mol. The third-order valence-corrected chi connectivity index (χ3v) is 7.44. The second-order valence-electron chi connectivity index (χ2n) is 9.91. The second-order valence-corrected chi connectivity index (χ2v) is 9.91. The maximum absolute atomic E-state index is 2.39. The van der Waals surface area contributed by atoms with Gasteiger partial charge in [0.1, 0.15) is 0 Å². The molecule has 0 aliphatic rings. The van der Waals surface area contributed by atoms with Gasteiger partial charge in [-0.3, -0.25) is 0 Å². The Kier molecular flexibility index (Phi) is 8.43. The first-order valence-electron chi connectivity index (χ1n) is 13.5. The first-order valence-corrected chi connectivity index (χ1v) is 13.5. The average Bonchev–Trinajstić information content (AvgIpc) is 2.83. The third-order valence-electron chi connectivity index (χ3n) is 7.44. The van der Waals surface area contributed by atoms with E-state index in [9.17, 15) is 0 Å². The largest absolute Gasteiger partial charge is 0.0654 e. The van der Waals surface area contributed by atoms with E-state index in [1.807, 2.05) is 0 Å². The van der Waals surface area contributed by atoms with Crippen molar-refractivity contribution in [3.05, 3.63) is 59.7 Å². The number of hydrogen-bond donors (Lipinski definition) is 0. The molecule has 4 aromatic carbocycles. The molecular weight excluding hydrogens is 384 g/mol. The van der Waals surface area contributed by atoms with Crippen LogP contribution in [-0.4, -0.2) is 0 Å². The van der Waals surface area contributed by atoms with E-state index in [-0.39, 0.29) is 0 Å². The molecular formula is C32H42. The van der Waals surface area contributed by atoms with E-state index in [1.165, 1.54) is 122 Å². The normalized spacial score (nSPS) is 11.9. The lowest BCUT2D eigenvalue weighted by molar-refractivity contribution is 0.608. The Balaban J connectivity index is 1.55. The van der Waals surface area contributed by atoms with Crippen LogP contribution in [0.5, 0.6) is 0 Å². The van der Waals surface area contributed by atoms with Crippen LogP contribution in [0.25, 0.3) is 32.3 Å². The summed E-state index contributed by atoms with van der Waals surface area (Å²) >= 11 is 0. The molecule has 0 spiro atoms. The quantitative estimate of drug-likeness (QED) is 0.139. The molecule has 0 N–H and O–H groups in total. The molecule has 0 aliphatic carbocycles. The van der Waals surface area contributed by atoms with E-state index < -0.39 is 0 Å². The van der Waals surface area contributed by atoms with Gasteiger partial charge in [-0.15, -0.1) is 0 Å². The lowest BCUT2D eigenvalue weighted by atomic mass is 9.88. The molecule has 0 aliphatic heterocycles. The van der Waals surface area contributed by atoms with E-state index in [0.29, 0.717) is 0 Å². The van der Waals surface area contributed by atoms with Crippen LogP contribution in [0.2, 0.25) is 0 Å². The molecule has 0 saturated carbocycles. The Morgan fingerprint density at radius 3 is 1.22 bits per heavy atom. The zero-order valence-electron chi connectivity index (χ0n) is 20.5. The van der Waals surface area contributed by atoms with Crippen molar-refractivity contribution in [1.82, 2.24) is 0 Å². The highest BCUT2D eigenvalue weighted by Crippen LogP contribution is 2.38. The summed E-state index contributed by atoms with van der Waals surface area (Å²) < 4.78 is 0. The molecule has 0 aromatic heterocycles. The van der Waals surface area contributed by atoms with Crippen LogP contribution >= 0.6 is 0 Å². The summed E-state index contributed by atoms with van der Waals surface area (Å²) in [5.41, 5.74) is 3.09. The molecule has 0 amide bonds. The maximum atomic E-state index is 2.39. The van der Waals surface area contributed by atoms with Crippen molar-refractivity contribution in [3.63, 3.8) is 0 Å². The van der Waals surface area contributed by atoms with Crippen molar-refractivity contribution in [2.24, 2.45) is 0 Å². The number of hydrogen-bond acceptors (Lipinski definition) is 0. The molecule has 0 bridgehead atoms. The Bertz CT molecular complexity index is 1010. The first kappa shape index (κ1) is 23.1. The molecule has 0 atom stereocenters. The fourth-order valence-corrected chi connectivity index (χ4v) is 5.55. The van der Waals surface area contributed by atoms with Crippen LogP contribution in [0, 0.1) is 0 Å². The minimum Gasteiger partial charge on any atom is -0.0654 e. The fourth-order valence-electron chi connectivity index (χ4n) is 5.55. The van der Waals surface area contributed by atoms with E-state index >= 15 is 0 Å². The van der Waals surface area contributed by atoms with Gasteiger partial charge in [0, 0.05) is 0 Å². The molecule has 0 radical (unpaired) electrons. The maximum Gasteiger partial charge on any atom is -0.00239 e. The Morgan fingerprint density at radius 2 is 0.781 bits per heavy atom. The molecule has 4 aromatic rings. The number of rotatable bonds is 14. The predicted octanol–water partition coefficient (Wildman–Crippen LogP) is 10.4. The smallest absolute Gasteiger partial charge is 0.00239 e. The molecule has 170 valence electrons. The summed E-state index contributed by atoms with van der Waals surface area (Å²) in [6, 6.07) is 19.0. The number of benzene rings is 4. The highest BCUT2D eigenvalue weighted by Gasteiger charge is 2.13. The van der Waals surface area contributed by atoms with Crippen molar-refractivity contribution >= 4 is 32.3 Å². The molecule has 0 heteroatoms. The van der Waals surface area contributed by atoms with E-state index in [4.69, 9.17) is 0 Å². The van der Waals surface area contributed by atoms with Gasteiger partial charge in [-0.2, -0.15) is 0 Å². The molecule has 0 fully saturated rings. The summed E-state index contributed by atoms with van der Waals surface area (Å²) in [5, 5.41) is 8.81. The molecule has 4 rings (SSSR count). The monoisotopic (exact) mass is 426 g/mol. The highest BCUT2D eigenvalue weighted by atomic mass is 14.2. The van der Waals surface area contributed by atoms with Gasteiger partial charge in [0.2, 0.25) is 0 Å². The first-order chi connectivity index (χ1) is 15.8. The van der Waals surface area contributed by atoms with Crippen LogP contribution in [0.15, 0.2) is 48.5 Å². The van der Waals surface area contributed by atoms with E-state index in [2.05, 4.69) is 62.4 Å². The van der Waals surface area contributed by atoms with Crippen molar-refractivity contribution in [3.8, 4) is 0 Å². The van der Waals surface area contributed by atoms with Gasteiger partial charge < -0.3 is 0 Å². The Labute approximate surface area is 195 Å². The lowest BCUT2D eigenvalue weighted by Crippen LogP contribution is -1.94. The van der Waals surface area contributed by atoms with Crippen LogP contribution in [0.3, 0.4) is 0 Å². The van der Waals surface area contributed by atoms with Crippen LogP contribution in [0.1, 0.15) is 102 Å². The van der Waals surface area contributed by atoms with Crippen molar-refractivity contribution in [2.75, 3.05) is 0 Å². The number of aryl methyl sites for hydroxylation is 2. The van der Waals surface area contributed by atoms with Crippen LogP contribution in [-0.2, 0) is 12.8 Å². The van der Waals surface area contributed by atoms with Gasteiger partial charge in [0.05, 0.1) is 0 Å². The third kappa shape index (κ3) is 5.28. The molecule has 0 saturated heterocycles. The summed E-state index contributed by atoms with van der Waals surface area (Å²) in [4.78, 5) is 0. The Morgan fingerprint density at radius 1 is 0.406 bits per heavy atom. The molecule has 0 unspecified atom stereocenters. The van der Waals surface area contributed by atoms with Gasteiger partial charge in [0.25, 0.3) is 0 Å². The highest BCUT2D eigenvalue weighted by molar-refractivity contribution is 6.24. The molecule has 0 nitrogen and oxygen atoms in total. The average molecular weight is 427 g/mol. The topological polar surface area (TPSA) is 0 Å². The van der Waals surface area contributed by atoms with E-state index in [1.54, 1.807) is 11.1 Å². The SMILES string of the molecule is CCCCCCCCc1ccc2ccc3c(CCCCCCCC)ccc4ccc1c2c43. The van der Waals surface area contributed by atoms with Crippen LogP contribution in [0.4, 0.5) is 0 Å². The van der Waals surface area contributed by atoms with Crippen molar-refractivity contribution in [2.45, 2.75) is 104 Å². The van der Waals surface area contributed by atoms with E-state index in [0.717, 1.165) is 0 Å². The molecule has 32 heavy (non-hydrogen) atoms. The summed E-state index contributed by atoms with van der Waals surface area (Å²) in [6.45, 7) is 4.59. The zero-order chi connectivity index (χ0) is 22.2. The second kappa shape index (κ2) is 11.7. The summed E-state index contributed by atoms with van der Waals surface area (Å²) in [7, 11) is 0. The minimum atomic E-state index is 1.21. The van der Waals surface area contributed by atoms with Crippen molar-refractivity contribution in [1.29, 1.82) is 0 Å². The lowest BCUT2D eigenvalue weighted by Gasteiger charge is -2.16. The van der Waals surface area contributed by atoms with Gasteiger partial charge in [-0.1, -0.05) is 127 Å². The molecule has 0 heterocycles. The minimum absolute atomic E-state index is 1.21. The number of unbranched alkanes of at least 4 members (excludes halogenated alkanes) is 10. The van der Waals surface area contributed by atoms with Crippen LogP contribution < -0.4 is 0 Å². The summed E-state index contributed by atoms with van der Waals surface area (Å²) in [5.74, 6) is 0. The fraction of sp³-hybridized carbons (Fsp3) is 0.500. The standard InChI is InChI=1S/C32H42/c1-3-5-7-9-11-13-15-25-17-19-27-22-24-30-26(16-14-12-10-8-6-4-2)18-20-28-21-23-29(25)31(27)32(28)30/h17-24H,3-16H2,1-2H3. The Hall–Kier alpha value is -2.08. The van der Waals surface area contributed by atoms with Gasteiger partial charge in [0.15, 0.2) is 0 Å². The zero-order valence-corrected chi connectivity index (χ0v) is 20.5.